The van der Waals surface area contributed by atoms with Crippen molar-refractivity contribution in [2.45, 2.75) is 46.7 Å². The summed E-state index contributed by atoms with van der Waals surface area (Å²) in [6.07, 6.45) is 1.08. The maximum absolute atomic E-state index is 12.1. The van der Waals surface area contributed by atoms with Gasteiger partial charge in [0.05, 0.1) is 0 Å². The van der Waals surface area contributed by atoms with E-state index in [4.69, 9.17) is 5.73 Å². The van der Waals surface area contributed by atoms with Crippen LogP contribution in [0.3, 0.4) is 0 Å². The Morgan fingerprint density at radius 1 is 1.43 bits per heavy atom. The molecule has 1 heterocycles. The summed E-state index contributed by atoms with van der Waals surface area (Å²) in [6, 6.07) is 0.372. The predicted octanol–water partition coefficient (Wildman–Crippen LogP) is 2.09. The lowest BCUT2D eigenvalue weighted by Gasteiger charge is -2.31. The fourth-order valence-corrected chi connectivity index (χ4v) is 3.11. The van der Waals surface area contributed by atoms with Gasteiger partial charge in [-0.15, -0.1) is 11.3 Å². The van der Waals surface area contributed by atoms with Gasteiger partial charge in [-0.2, -0.15) is 0 Å². The number of aromatic nitrogens is 1. The molecule has 21 heavy (non-hydrogen) atoms. The fourth-order valence-electron chi connectivity index (χ4n) is 2.46. The molecule has 5 nitrogen and oxygen atoms in total. The van der Waals surface area contributed by atoms with Crippen LogP contribution in [0.15, 0.2) is 5.38 Å². The Kier molecular flexibility index (Phi) is 7.85. The van der Waals surface area contributed by atoms with Crippen LogP contribution < -0.4 is 11.1 Å². The molecule has 0 fully saturated rings. The van der Waals surface area contributed by atoms with Crippen molar-refractivity contribution in [3.63, 3.8) is 0 Å². The predicted molar refractivity (Wildman–Crippen MR) is 88.5 cm³/mol. The van der Waals surface area contributed by atoms with Gasteiger partial charge in [0.2, 0.25) is 0 Å². The van der Waals surface area contributed by atoms with Crippen molar-refractivity contribution in [2.24, 2.45) is 11.7 Å². The van der Waals surface area contributed by atoms with E-state index in [-0.39, 0.29) is 5.91 Å². The van der Waals surface area contributed by atoms with Crippen LogP contribution in [-0.4, -0.2) is 41.5 Å². The second kappa shape index (κ2) is 9.12. The lowest BCUT2D eigenvalue weighted by Crippen LogP contribution is -2.44. The third-order valence-corrected chi connectivity index (χ3v) is 4.40. The van der Waals surface area contributed by atoms with E-state index in [1.807, 2.05) is 0 Å². The number of carbonyl (C=O) groups excluding carboxylic acids is 1. The summed E-state index contributed by atoms with van der Waals surface area (Å²) < 4.78 is 0. The molecule has 0 bridgehead atoms. The van der Waals surface area contributed by atoms with Crippen LogP contribution in [0.4, 0.5) is 0 Å². The quantitative estimate of drug-likeness (QED) is 0.732. The second-order valence-electron chi connectivity index (χ2n) is 5.55. The van der Waals surface area contributed by atoms with Gasteiger partial charge in [0.25, 0.3) is 5.91 Å². The number of hydrogen-bond acceptors (Lipinski definition) is 5. The molecule has 0 radical (unpaired) electrons. The van der Waals surface area contributed by atoms with Gasteiger partial charge >= 0.3 is 0 Å². The highest BCUT2D eigenvalue weighted by Crippen LogP contribution is 2.12. The molecule has 3 N–H and O–H groups in total. The summed E-state index contributed by atoms with van der Waals surface area (Å²) in [5.74, 6) is 0.502. The van der Waals surface area contributed by atoms with Crippen molar-refractivity contribution in [1.82, 2.24) is 15.2 Å². The molecular weight excluding hydrogens is 284 g/mol. The second-order valence-corrected chi connectivity index (χ2v) is 6.49. The first-order chi connectivity index (χ1) is 10.0. The Morgan fingerprint density at radius 3 is 2.57 bits per heavy atom. The van der Waals surface area contributed by atoms with Crippen molar-refractivity contribution >= 4 is 17.2 Å². The SMILES string of the molecule is CCN(CC)C(CNC(=O)c1csc(CN)n1)CC(C)C. The van der Waals surface area contributed by atoms with Crippen molar-refractivity contribution in [3.05, 3.63) is 16.1 Å². The molecule has 0 aliphatic rings. The van der Waals surface area contributed by atoms with Crippen molar-refractivity contribution in [3.8, 4) is 0 Å². The summed E-state index contributed by atoms with van der Waals surface area (Å²) in [5.41, 5.74) is 6.00. The normalized spacial score (nSPS) is 12.9. The van der Waals surface area contributed by atoms with Crippen LogP contribution in [-0.2, 0) is 6.54 Å². The number of nitrogens with one attached hydrogen (secondary N) is 1. The number of hydrogen-bond donors (Lipinski definition) is 2. The van der Waals surface area contributed by atoms with Crippen molar-refractivity contribution < 1.29 is 4.79 Å². The Labute approximate surface area is 131 Å². The third-order valence-electron chi connectivity index (χ3n) is 3.53. The first-order valence-electron chi connectivity index (χ1n) is 7.68. The van der Waals surface area contributed by atoms with Crippen LogP contribution in [0.5, 0.6) is 0 Å². The maximum Gasteiger partial charge on any atom is 0.270 e. The monoisotopic (exact) mass is 312 g/mol. The summed E-state index contributed by atoms with van der Waals surface area (Å²) >= 11 is 1.43. The number of amides is 1. The summed E-state index contributed by atoms with van der Waals surface area (Å²) in [7, 11) is 0. The fraction of sp³-hybridized carbons (Fsp3) is 0.733. The molecule has 0 spiro atoms. The molecule has 1 aromatic rings. The minimum atomic E-state index is -0.105. The Balaban J connectivity index is 2.60. The highest BCUT2D eigenvalue weighted by Gasteiger charge is 2.19. The minimum Gasteiger partial charge on any atom is -0.349 e. The van der Waals surface area contributed by atoms with Crippen molar-refractivity contribution in [2.75, 3.05) is 19.6 Å². The Hall–Kier alpha value is -0.980. The van der Waals surface area contributed by atoms with Gasteiger partial charge in [-0.05, 0) is 25.4 Å². The van der Waals surface area contributed by atoms with E-state index in [0.29, 0.717) is 30.7 Å². The van der Waals surface area contributed by atoms with Crippen molar-refractivity contribution in [1.29, 1.82) is 0 Å². The van der Waals surface area contributed by atoms with Crippen LogP contribution in [0.2, 0.25) is 0 Å². The summed E-state index contributed by atoms with van der Waals surface area (Å²) in [6.45, 7) is 11.8. The molecule has 120 valence electrons. The molecule has 0 saturated carbocycles. The lowest BCUT2D eigenvalue weighted by molar-refractivity contribution is 0.0924. The van der Waals surface area contributed by atoms with Gasteiger partial charge in [-0.25, -0.2) is 4.98 Å². The largest absolute Gasteiger partial charge is 0.349 e. The Bertz CT molecular complexity index is 429. The molecule has 0 aliphatic heterocycles. The minimum absolute atomic E-state index is 0.105. The summed E-state index contributed by atoms with van der Waals surface area (Å²) in [4.78, 5) is 18.8. The van der Waals surface area contributed by atoms with Gasteiger partial charge in [0.15, 0.2) is 0 Å². The van der Waals surface area contributed by atoms with E-state index in [1.54, 1.807) is 5.38 Å². The number of rotatable bonds is 9. The zero-order valence-corrected chi connectivity index (χ0v) is 14.4. The molecule has 0 aromatic carbocycles. The topological polar surface area (TPSA) is 71.2 Å². The average molecular weight is 312 g/mol. The van der Waals surface area contributed by atoms with Crippen LogP contribution >= 0.6 is 11.3 Å². The van der Waals surface area contributed by atoms with E-state index >= 15 is 0 Å². The molecule has 0 aliphatic carbocycles. The molecule has 6 heteroatoms. The van der Waals surface area contributed by atoms with Crippen LogP contribution in [0, 0.1) is 5.92 Å². The molecular formula is C15H28N4OS. The molecule has 1 rings (SSSR count). The number of nitrogens with zero attached hydrogens (tertiary/aromatic N) is 2. The van der Waals surface area contributed by atoms with Gasteiger partial charge in [-0.1, -0.05) is 27.7 Å². The number of likely N-dealkylation sites (N-methyl/N-ethyl adjacent to an activating group) is 1. The van der Waals surface area contributed by atoms with Gasteiger partial charge in [0, 0.05) is 24.5 Å². The van der Waals surface area contributed by atoms with E-state index < -0.39 is 0 Å². The number of nitrogens with two attached hydrogens (primary N) is 1. The van der Waals surface area contributed by atoms with E-state index in [0.717, 1.165) is 24.5 Å². The smallest absolute Gasteiger partial charge is 0.270 e. The first kappa shape index (κ1) is 18.1. The van der Waals surface area contributed by atoms with Gasteiger partial charge < -0.3 is 11.1 Å². The molecule has 1 unspecified atom stereocenters. The van der Waals surface area contributed by atoms with Crippen LogP contribution in [0.25, 0.3) is 0 Å². The zero-order chi connectivity index (χ0) is 15.8. The lowest BCUT2D eigenvalue weighted by atomic mass is 10.0. The van der Waals surface area contributed by atoms with Gasteiger partial charge in [0.1, 0.15) is 10.7 Å². The van der Waals surface area contributed by atoms with E-state index in [9.17, 15) is 4.79 Å². The number of thiazole rings is 1. The zero-order valence-electron chi connectivity index (χ0n) is 13.6. The molecule has 1 atom stereocenters. The number of carbonyl (C=O) groups is 1. The molecule has 1 aromatic heterocycles. The highest BCUT2D eigenvalue weighted by atomic mass is 32.1. The van der Waals surface area contributed by atoms with E-state index in [2.05, 4.69) is 42.9 Å². The highest BCUT2D eigenvalue weighted by molar-refractivity contribution is 7.09. The third kappa shape index (κ3) is 5.73. The molecule has 0 saturated heterocycles. The summed E-state index contributed by atoms with van der Waals surface area (Å²) in [5, 5.41) is 5.58. The van der Waals surface area contributed by atoms with Crippen LogP contribution in [0.1, 0.15) is 49.6 Å². The Morgan fingerprint density at radius 2 is 2.10 bits per heavy atom. The maximum atomic E-state index is 12.1. The first-order valence-corrected chi connectivity index (χ1v) is 8.56. The van der Waals surface area contributed by atoms with Gasteiger partial charge in [-0.3, -0.25) is 9.69 Å². The standard InChI is InChI=1S/C15H28N4OS/c1-5-19(6-2)12(7-11(3)4)9-17-15(20)13-10-21-14(8-16)18-13/h10-12H,5-9,16H2,1-4H3,(H,17,20). The molecule has 1 amide bonds. The van der Waals surface area contributed by atoms with E-state index in [1.165, 1.54) is 11.3 Å². The average Bonchev–Trinajstić information content (AvgIpc) is 2.94.